The van der Waals surface area contributed by atoms with Crippen LogP contribution in [0.1, 0.15) is 11.3 Å². The lowest BCUT2D eigenvalue weighted by Gasteiger charge is -1.98. The number of nitriles is 1. The van der Waals surface area contributed by atoms with Crippen molar-refractivity contribution in [3.8, 4) is 11.8 Å². The Morgan fingerprint density at radius 3 is 2.53 bits per heavy atom. The normalized spacial score (nSPS) is 10.9. The van der Waals surface area contributed by atoms with Crippen molar-refractivity contribution < 1.29 is 5.11 Å². The maximum Gasteiger partial charge on any atom is 0.115 e. The number of phenolic OH excluding ortho intramolecular Hbond substituents is 1. The van der Waals surface area contributed by atoms with Gasteiger partial charge in [-0.05, 0) is 35.9 Å². The fourth-order valence-corrected chi connectivity index (χ4v) is 1.42. The summed E-state index contributed by atoms with van der Waals surface area (Å²) in [6, 6.07) is 14.2. The van der Waals surface area contributed by atoms with E-state index in [9.17, 15) is 0 Å². The topological polar surface area (TPSA) is 56.9 Å². The first kappa shape index (κ1) is 10.9. The predicted octanol–water partition coefficient (Wildman–Crippen LogP) is 2.85. The Balaban J connectivity index is 2.37. The molecule has 0 aliphatic rings. The zero-order valence-corrected chi connectivity index (χ0v) is 9.04. The smallest absolute Gasteiger partial charge is 0.115 e. The molecule has 17 heavy (non-hydrogen) atoms. The number of nitrogens with zero attached hydrogens (tertiary/aromatic N) is 2. The molecule has 1 aromatic carbocycles. The van der Waals surface area contributed by atoms with Crippen molar-refractivity contribution in [1.82, 2.24) is 4.98 Å². The van der Waals surface area contributed by atoms with Crippen LogP contribution in [-0.2, 0) is 0 Å². The molecule has 3 heteroatoms. The van der Waals surface area contributed by atoms with Crippen LogP contribution in [0.2, 0.25) is 0 Å². The second-order valence-corrected chi connectivity index (χ2v) is 3.48. The van der Waals surface area contributed by atoms with Gasteiger partial charge in [-0.25, -0.2) is 0 Å². The van der Waals surface area contributed by atoms with Gasteiger partial charge in [0, 0.05) is 6.20 Å². The molecule has 2 rings (SSSR count). The number of hydrogen-bond donors (Lipinski definition) is 1. The standard InChI is InChI=1S/C14H10N2O/c15-10-12(14-3-1-2-8-16-14)9-11-4-6-13(17)7-5-11/h1-9,17H/b12-9+. The summed E-state index contributed by atoms with van der Waals surface area (Å²) in [5.74, 6) is 0.207. The molecule has 0 unspecified atom stereocenters. The van der Waals surface area contributed by atoms with Crippen molar-refractivity contribution in [2.75, 3.05) is 0 Å². The fraction of sp³-hybridized carbons (Fsp3) is 0. The first-order chi connectivity index (χ1) is 8.29. The van der Waals surface area contributed by atoms with E-state index in [2.05, 4.69) is 11.1 Å². The third-order valence-corrected chi connectivity index (χ3v) is 2.27. The Morgan fingerprint density at radius 2 is 1.94 bits per heavy atom. The summed E-state index contributed by atoms with van der Waals surface area (Å²) in [7, 11) is 0. The number of phenols is 1. The molecule has 0 saturated heterocycles. The molecule has 0 saturated carbocycles. The van der Waals surface area contributed by atoms with Crippen molar-refractivity contribution in [2.45, 2.75) is 0 Å². The molecule has 0 radical (unpaired) electrons. The minimum absolute atomic E-state index is 0.207. The minimum Gasteiger partial charge on any atom is -0.508 e. The van der Waals surface area contributed by atoms with Crippen LogP contribution in [0, 0.1) is 11.3 Å². The molecule has 0 aliphatic heterocycles. The van der Waals surface area contributed by atoms with Gasteiger partial charge in [0.1, 0.15) is 11.8 Å². The van der Waals surface area contributed by atoms with Crippen LogP contribution in [0.4, 0.5) is 0 Å². The molecule has 2 aromatic rings. The zero-order valence-electron chi connectivity index (χ0n) is 9.04. The molecule has 0 atom stereocenters. The van der Waals surface area contributed by atoms with Gasteiger partial charge >= 0.3 is 0 Å². The lowest BCUT2D eigenvalue weighted by Crippen LogP contribution is -1.85. The number of allylic oxidation sites excluding steroid dienone is 1. The molecule has 3 nitrogen and oxygen atoms in total. The van der Waals surface area contributed by atoms with E-state index < -0.39 is 0 Å². The van der Waals surface area contributed by atoms with Crippen LogP contribution in [0.25, 0.3) is 11.6 Å². The first-order valence-electron chi connectivity index (χ1n) is 5.12. The van der Waals surface area contributed by atoms with E-state index >= 15 is 0 Å². The summed E-state index contributed by atoms with van der Waals surface area (Å²) in [4.78, 5) is 4.12. The van der Waals surface area contributed by atoms with Crippen LogP contribution in [0.15, 0.2) is 48.7 Å². The van der Waals surface area contributed by atoms with Gasteiger partial charge in [0.2, 0.25) is 0 Å². The van der Waals surface area contributed by atoms with Gasteiger partial charge in [-0.1, -0.05) is 18.2 Å². The Hall–Kier alpha value is -2.60. The maximum absolute atomic E-state index is 9.17. The number of rotatable bonds is 2. The van der Waals surface area contributed by atoms with Crippen molar-refractivity contribution in [1.29, 1.82) is 5.26 Å². The highest BCUT2D eigenvalue weighted by atomic mass is 16.3. The summed E-state index contributed by atoms with van der Waals surface area (Å²) >= 11 is 0. The monoisotopic (exact) mass is 222 g/mol. The third-order valence-electron chi connectivity index (χ3n) is 2.27. The van der Waals surface area contributed by atoms with E-state index in [1.807, 2.05) is 6.07 Å². The molecule has 0 fully saturated rings. The molecule has 0 spiro atoms. The van der Waals surface area contributed by atoms with Gasteiger partial charge in [0.15, 0.2) is 0 Å². The minimum atomic E-state index is 0.207. The third kappa shape index (κ3) is 2.70. The molecular weight excluding hydrogens is 212 g/mol. The molecule has 0 amide bonds. The van der Waals surface area contributed by atoms with Crippen molar-refractivity contribution in [3.63, 3.8) is 0 Å². The molecule has 1 heterocycles. The number of hydrogen-bond acceptors (Lipinski definition) is 3. The van der Waals surface area contributed by atoms with Crippen LogP contribution >= 0.6 is 0 Å². The molecule has 1 aromatic heterocycles. The van der Waals surface area contributed by atoms with Gasteiger partial charge in [0.25, 0.3) is 0 Å². The fourth-order valence-electron chi connectivity index (χ4n) is 1.42. The second-order valence-electron chi connectivity index (χ2n) is 3.48. The Morgan fingerprint density at radius 1 is 1.18 bits per heavy atom. The largest absolute Gasteiger partial charge is 0.508 e. The highest BCUT2D eigenvalue weighted by Crippen LogP contribution is 2.17. The molecular formula is C14H10N2O. The maximum atomic E-state index is 9.17. The van der Waals surface area contributed by atoms with E-state index in [4.69, 9.17) is 10.4 Å². The first-order valence-corrected chi connectivity index (χ1v) is 5.12. The van der Waals surface area contributed by atoms with E-state index in [1.54, 1.807) is 48.7 Å². The van der Waals surface area contributed by atoms with E-state index in [0.29, 0.717) is 11.3 Å². The lowest BCUT2D eigenvalue weighted by molar-refractivity contribution is 0.475. The van der Waals surface area contributed by atoms with E-state index in [0.717, 1.165) is 5.56 Å². The quantitative estimate of drug-likeness (QED) is 0.795. The number of aromatic nitrogens is 1. The van der Waals surface area contributed by atoms with Crippen molar-refractivity contribution in [2.24, 2.45) is 0 Å². The zero-order chi connectivity index (χ0) is 12.1. The lowest BCUT2D eigenvalue weighted by atomic mass is 10.1. The molecule has 0 aliphatic carbocycles. The molecule has 82 valence electrons. The summed E-state index contributed by atoms with van der Waals surface area (Å²) in [5, 5.41) is 18.3. The highest BCUT2D eigenvalue weighted by molar-refractivity contribution is 5.88. The van der Waals surface area contributed by atoms with Gasteiger partial charge in [0.05, 0.1) is 11.3 Å². The number of pyridine rings is 1. The second kappa shape index (κ2) is 4.95. The van der Waals surface area contributed by atoms with Crippen LogP contribution in [0.3, 0.4) is 0 Å². The van der Waals surface area contributed by atoms with Crippen molar-refractivity contribution in [3.05, 3.63) is 59.9 Å². The Bertz CT molecular complexity index is 565. The molecule has 0 bridgehead atoms. The Kier molecular flexibility index (Phi) is 3.18. The number of aromatic hydroxyl groups is 1. The van der Waals surface area contributed by atoms with Gasteiger partial charge < -0.3 is 5.11 Å². The van der Waals surface area contributed by atoms with Crippen LogP contribution in [0.5, 0.6) is 5.75 Å². The van der Waals surface area contributed by atoms with E-state index in [1.165, 1.54) is 0 Å². The summed E-state index contributed by atoms with van der Waals surface area (Å²) in [5.41, 5.74) is 1.99. The predicted molar refractivity (Wildman–Crippen MR) is 65.8 cm³/mol. The summed E-state index contributed by atoms with van der Waals surface area (Å²) in [6.07, 6.45) is 3.39. The van der Waals surface area contributed by atoms with E-state index in [-0.39, 0.29) is 5.75 Å². The summed E-state index contributed by atoms with van der Waals surface area (Å²) in [6.45, 7) is 0. The Labute approximate surface area is 99.3 Å². The van der Waals surface area contributed by atoms with Gasteiger partial charge in [-0.2, -0.15) is 5.26 Å². The highest BCUT2D eigenvalue weighted by Gasteiger charge is 2.01. The number of benzene rings is 1. The van der Waals surface area contributed by atoms with Gasteiger partial charge in [-0.15, -0.1) is 0 Å². The average molecular weight is 222 g/mol. The summed E-state index contributed by atoms with van der Waals surface area (Å²) < 4.78 is 0. The van der Waals surface area contributed by atoms with Crippen LogP contribution < -0.4 is 0 Å². The molecule has 1 N–H and O–H groups in total. The van der Waals surface area contributed by atoms with Crippen LogP contribution in [-0.4, -0.2) is 10.1 Å². The average Bonchev–Trinajstić information content (AvgIpc) is 2.39. The van der Waals surface area contributed by atoms with Crippen molar-refractivity contribution >= 4 is 11.6 Å². The SMILES string of the molecule is N#C/C(=C\c1ccc(O)cc1)c1ccccn1. The van der Waals surface area contributed by atoms with Gasteiger partial charge in [-0.3, -0.25) is 4.98 Å².